The Labute approximate surface area is 283 Å². The van der Waals surface area contributed by atoms with Gasteiger partial charge in [0.1, 0.15) is 17.8 Å². The Morgan fingerprint density at radius 1 is 1.18 bits per heavy atom. The highest BCUT2D eigenvalue weighted by Crippen LogP contribution is 2.98. The van der Waals surface area contributed by atoms with E-state index in [4.69, 9.17) is 18.5 Å². The molecule has 1 aliphatic heterocycles. The molecule has 0 amide bonds. The monoisotopic (exact) mass is 799 g/mol. The fourth-order valence-corrected chi connectivity index (χ4v) is 42.2. The van der Waals surface area contributed by atoms with E-state index in [1.54, 1.807) is 20.9 Å². The molecule has 1 saturated heterocycles. The molecule has 4 aliphatic rings. The van der Waals surface area contributed by atoms with Crippen molar-refractivity contribution in [1.82, 2.24) is 5.32 Å². The Morgan fingerprint density at radius 3 is 2.27 bits per heavy atom. The third kappa shape index (κ3) is 6.66. The zero-order valence-corrected chi connectivity index (χ0v) is 36.2. The van der Waals surface area contributed by atoms with Gasteiger partial charge in [-0.2, -0.15) is 0 Å². The molecule has 0 aromatic rings. The topological polar surface area (TPSA) is 144 Å². The van der Waals surface area contributed by atoms with Gasteiger partial charge < -0.3 is 39.2 Å². The van der Waals surface area contributed by atoms with Crippen LogP contribution in [0, 0.1) is 22.7 Å². The Bertz CT molecular complexity index is 1190. The molecular formula is C26H50NO9P9. The number of carbonyl (C=O) groups is 2. The largest absolute Gasteiger partial charge is 0.456 e. The molecule has 16 unspecified atom stereocenters. The van der Waals surface area contributed by atoms with Crippen molar-refractivity contribution in [1.29, 1.82) is 0 Å². The summed E-state index contributed by atoms with van der Waals surface area (Å²) in [5, 5.41) is 40.4. The Kier molecular flexibility index (Phi) is 13.3. The van der Waals surface area contributed by atoms with Crippen molar-refractivity contribution < 1.29 is 43.4 Å². The highest BCUT2D eigenvalue weighted by Gasteiger charge is 2.74. The number of aliphatic hydroxyl groups is 3. The molecule has 258 valence electrons. The summed E-state index contributed by atoms with van der Waals surface area (Å²) in [6, 6.07) is -0.346. The molecule has 2 bridgehead atoms. The fourth-order valence-electron chi connectivity index (χ4n) is 8.37. The van der Waals surface area contributed by atoms with E-state index < -0.39 is 97.6 Å². The lowest BCUT2D eigenvalue weighted by Crippen LogP contribution is -2.79. The van der Waals surface area contributed by atoms with E-state index in [0.717, 1.165) is 0 Å². The number of rotatable bonds is 10. The first kappa shape index (κ1) is 40.2. The molecule has 17 atom stereocenters. The second-order valence-corrected chi connectivity index (χ2v) is 38.2. The lowest BCUT2D eigenvalue weighted by molar-refractivity contribution is -0.333. The smallest absolute Gasteiger partial charge is 0.337 e. The van der Waals surface area contributed by atoms with Crippen molar-refractivity contribution >= 4 is 86.4 Å². The van der Waals surface area contributed by atoms with Gasteiger partial charge in [0.2, 0.25) is 0 Å². The average Bonchev–Trinajstić information content (AvgIpc) is 2.95. The summed E-state index contributed by atoms with van der Waals surface area (Å²) in [5.74, 6) is -2.57. The predicted molar refractivity (Wildman–Crippen MR) is 203 cm³/mol. The molecule has 0 aromatic carbocycles. The number of fused-ring (bicyclic) bond motifs is 5. The van der Waals surface area contributed by atoms with Crippen molar-refractivity contribution in [2.24, 2.45) is 22.7 Å². The van der Waals surface area contributed by atoms with Gasteiger partial charge in [-0.25, -0.2) is 4.79 Å². The van der Waals surface area contributed by atoms with E-state index in [-0.39, 0.29) is 27.6 Å². The Hall–Kier alpha value is 2.47. The second-order valence-electron chi connectivity index (χ2n) is 13.5. The summed E-state index contributed by atoms with van der Waals surface area (Å²) < 4.78 is 24.6. The van der Waals surface area contributed by atoms with Gasteiger partial charge in [-0.3, -0.25) is 4.79 Å². The first-order valence-corrected chi connectivity index (χ1v) is 29.3. The summed E-state index contributed by atoms with van der Waals surface area (Å²) in [6.45, 7) is 9.59. The molecule has 10 nitrogen and oxygen atoms in total. The first-order valence-electron chi connectivity index (χ1n) is 14.8. The number of nitrogens with one attached hydrogen (secondary N) is 1. The van der Waals surface area contributed by atoms with Crippen LogP contribution in [0.1, 0.15) is 54.4 Å². The molecule has 3 fully saturated rings. The second kappa shape index (κ2) is 14.8. The molecule has 1 heterocycles. The fraction of sp³-hybridized carbons (Fsp3) is 0.846. The van der Waals surface area contributed by atoms with Gasteiger partial charge in [-0.05, 0) is 58.9 Å². The number of hydrogen-bond donors (Lipinski definition) is 4. The van der Waals surface area contributed by atoms with Crippen molar-refractivity contribution in [2.45, 2.75) is 102 Å². The van der Waals surface area contributed by atoms with Crippen LogP contribution >= 0.6 is 74.6 Å². The molecule has 0 spiro atoms. The van der Waals surface area contributed by atoms with Gasteiger partial charge in [-0.15, -0.1) is 35.7 Å². The molecule has 3 aliphatic carbocycles. The maximum absolute atomic E-state index is 14.9. The third-order valence-corrected chi connectivity index (χ3v) is 34.3. The van der Waals surface area contributed by atoms with Crippen LogP contribution in [0.15, 0.2) is 11.1 Å². The molecule has 4 rings (SSSR count). The molecular weight excluding hydrogens is 749 g/mol. The van der Waals surface area contributed by atoms with Gasteiger partial charge in [0.15, 0.2) is 11.9 Å². The van der Waals surface area contributed by atoms with Gasteiger partial charge in [0, 0.05) is 38.7 Å². The lowest BCUT2D eigenvalue weighted by Gasteiger charge is -2.68. The highest BCUT2D eigenvalue weighted by atomic mass is 33.0. The summed E-state index contributed by atoms with van der Waals surface area (Å²) >= 11 is 0. The molecule has 45 heavy (non-hydrogen) atoms. The van der Waals surface area contributed by atoms with Crippen LogP contribution < -0.4 is 5.32 Å². The van der Waals surface area contributed by atoms with E-state index in [1.807, 2.05) is 27.7 Å². The number of hydrogen-bond acceptors (Lipinski definition) is 10. The van der Waals surface area contributed by atoms with Crippen LogP contribution in [0.2, 0.25) is 0 Å². The molecule has 4 N–H and O–H groups in total. The van der Waals surface area contributed by atoms with Crippen molar-refractivity contribution in [3.8, 4) is 0 Å². The van der Waals surface area contributed by atoms with Crippen LogP contribution in [0.4, 0.5) is 0 Å². The van der Waals surface area contributed by atoms with E-state index >= 15 is 0 Å². The normalized spacial score (nSPS) is 41.1. The third-order valence-electron chi connectivity index (χ3n) is 11.0. The quantitative estimate of drug-likeness (QED) is 0.132. The van der Waals surface area contributed by atoms with Crippen molar-refractivity contribution in [2.75, 3.05) is 13.7 Å². The zero-order chi connectivity index (χ0) is 34.0. The summed E-state index contributed by atoms with van der Waals surface area (Å²) in [7, 11) is 14.5. The van der Waals surface area contributed by atoms with Crippen LogP contribution in [0.5, 0.6) is 0 Å². The van der Waals surface area contributed by atoms with Crippen LogP contribution in [0.3, 0.4) is 0 Å². The number of likely N-dealkylation sites (N-methyl/N-ethyl adjacent to an activating group) is 1. The van der Waals surface area contributed by atoms with E-state index in [2.05, 4.69) is 50.0 Å². The number of aliphatic hydroxyl groups excluding tert-OH is 1. The maximum Gasteiger partial charge on any atom is 0.337 e. The Balaban J connectivity index is 1.88. The van der Waals surface area contributed by atoms with E-state index in [0.29, 0.717) is 17.6 Å². The van der Waals surface area contributed by atoms with Crippen molar-refractivity contribution in [3.05, 3.63) is 11.1 Å². The molecule has 0 radical (unpaired) electrons. The SMILES string of the molecule is CNC(C)C(OPP)C(=O)OC1CC2(O)C(C)C3C4(O)COC4CC(OP(P(P)P)P(P)P)[C@@]3(C)C(=O)C(O)C(=C1C)C2(C)C. The zero-order valence-electron chi connectivity index (χ0n) is 26.8. The Morgan fingerprint density at radius 2 is 1.78 bits per heavy atom. The van der Waals surface area contributed by atoms with E-state index in [9.17, 15) is 24.9 Å². The minimum Gasteiger partial charge on any atom is -0.456 e. The summed E-state index contributed by atoms with van der Waals surface area (Å²) in [6.07, 6.45) is -4.37. The van der Waals surface area contributed by atoms with Crippen LogP contribution in [0.25, 0.3) is 0 Å². The van der Waals surface area contributed by atoms with Gasteiger partial charge in [0.25, 0.3) is 0 Å². The number of ketones is 1. The van der Waals surface area contributed by atoms with Crippen molar-refractivity contribution in [3.63, 3.8) is 0 Å². The number of Topliss-reactive ketones (excluding diaryl/α,β-unsaturated/α-hetero) is 1. The molecule has 2 saturated carbocycles. The maximum atomic E-state index is 14.9. The number of carbonyl (C=O) groups excluding carboxylic acids is 2. The average molecular weight is 799 g/mol. The summed E-state index contributed by atoms with van der Waals surface area (Å²) in [4.78, 5) is 28.4. The number of ether oxygens (including phenoxy) is 2. The van der Waals surface area contributed by atoms with Gasteiger partial charge in [-0.1, -0.05) is 29.7 Å². The predicted octanol–water partition coefficient (Wildman–Crippen LogP) is 5.22. The van der Waals surface area contributed by atoms with E-state index in [1.165, 1.54) is 0 Å². The molecule has 19 heteroatoms. The minimum absolute atomic E-state index is 0.0143. The van der Waals surface area contributed by atoms with Crippen LogP contribution in [-0.4, -0.2) is 88.5 Å². The first-order chi connectivity index (χ1) is 20.7. The highest BCUT2D eigenvalue weighted by molar-refractivity contribution is 8.96. The molecule has 0 aromatic heterocycles. The summed E-state index contributed by atoms with van der Waals surface area (Å²) in [5.41, 5.74) is -4.60. The minimum atomic E-state index is -1.62. The van der Waals surface area contributed by atoms with Gasteiger partial charge >= 0.3 is 5.97 Å². The standard InChI is InChI=1S/C26H50NO9P9/c1-11-14(34-22(30)19(35-42-37)13(3)27-7)9-26(32)12(2)20-24(6,21(29)18(28)17(11)23(26,4)5)15(8-16-25(20,31)10-33-16)36-43(44(38)39)45(40)41/h12-16,18-20,27-28,31-32,42H,8-10,37-41H2,1-7H3/t12?,13?,14?,15?,16?,18?,19?,20?,24-,25?,26?/m1/s1. The lowest BCUT2D eigenvalue weighted by atomic mass is 9.43. The number of esters is 1. The van der Waals surface area contributed by atoms with Crippen LogP contribution in [-0.2, 0) is 28.1 Å². The van der Waals surface area contributed by atoms with Gasteiger partial charge in [0.05, 0.1) is 37.4 Å².